The van der Waals surface area contributed by atoms with Gasteiger partial charge in [0.15, 0.2) is 11.5 Å². The van der Waals surface area contributed by atoms with Gasteiger partial charge in [-0.2, -0.15) is 0 Å². The average molecular weight is 278 g/mol. The number of para-hydroxylation sites is 1. The van der Waals surface area contributed by atoms with E-state index in [9.17, 15) is 4.79 Å². The van der Waals surface area contributed by atoms with Crippen LogP contribution in [0, 0.1) is 6.92 Å². The van der Waals surface area contributed by atoms with Gasteiger partial charge in [-0.15, -0.1) is 11.3 Å². The molecule has 0 saturated heterocycles. The van der Waals surface area contributed by atoms with Crippen LogP contribution < -0.4 is 9.47 Å². The standard InChI is InChI=1S/C14H14O4S/c1-8-7-11(14(15)16)19-13(8)9-5-4-6-10(17-2)12(9)18-3/h4-7H,1-3H3,(H,15,16). The largest absolute Gasteiger partial charge is 0.493 e. The molecule has 2 rings (SSSR count). The van der Waals surface area contributed by atoms with Crippen LogP contribution in [0.2, 0.25) is 0 Å². The second kappa shape index (κ2) is 5.32. The molecule has 100 valence electrons. The molecule has 5 heteroatoms. The number of carboxylic acids is 1. The van der Waals surface area contributed by atoms with Gasteiger partial charge in [-0.3, -0.25) is 0 Å². The molecule has 0 spiro atoms. The molecule has 1 aromatic carbocycles. The van der Waals surface area contributed by atoms with Crippen molar-refractivity contribution in [3.05, 3.63) is 34.7 Å². The van der Waals surface area contributed by atoms with Crippen molar-refractivity contribution in [2.75, 3.05) is 14.2 Å². The van der Waals surface area contributed by atoms with Crippen LogP contribution in [0.5, 0.6) is 11.5 Å². The minimum Gasteiger partial charge on any atom is -0.493 e. The van der Waals surface area contributed by atoms with Gasteiger partial charge in [0.05, 0.1) is 14.2 Å². The summed E-state index contributed by atoms with van der Waals surface area (Å²) in [7, 11) is 3.15. The number of thiophene rings is 1. The van der Waals surface area contributed by atoms with E-state index in [1.54, 1.807) is 20.3 Å². The van der Waals surface area contributed by atoms with Crippen molar-refractivity contribution in [2.45, 2.75) is 6.92 Å². The Morgan fingerprint density at radius 1 is 1.26 bits per heavy atom. The predicted molar refractivity (Wildman–Crippen MR) is 74.6 cm³/mol. The van der Waals surface area contributed by atoms with Gasteiger partial charge in [-0.1, -0.05) is 6.07 Å². The van der Waals surface area contributed by atoms with Crippen LogP contribution in [0.3, 0.4) is 0 Å². The van der Waals surface area contributed by atoms with Crippen molar-refractivity contribution in [3.8, 4) is 21.9 Å². The third kappa shape index (κ3) is 2.42. The Balaban J connectivity index is 2.61. The normalized spacial score (nSPS) is 10.3. The summed E-state index contributed by atoms with van der Waals surface area (Å²) in [4.78, 5) is 12.2. The van der Waals surface area contributed by atoms with Gasteiger partial charge in [0.2, 0.25) is 0 Å². The van der Waals surface area contributed by atoms with Gasteiger partial charge in [-0.25, -0.2) is 4.79 Å². The molecule has 0 aliphatic carbocycles. The van der Waals surface area contributed by atoms with Gasteiger partial charge in [0, 0.05) is 10.4 Å². The monoisotopic (exact) mass is 278 g/mol. The quantitative estimate of drug-likeness (QED) is 0.930. The zero-order valence-corrected chi connectivity index (χ0v) is 11.7. The number of aromatic carboxylic acids is 1. The Kier molecular flexibility index (Phi) is 3.76. The number of benzene rings is 1. The highest BCUT2D eigenvalue weighted by Gasteiger charge is 2.17. The SMILES string of the molecule is COc1cccc(-c2sc(C(=O)O)cc2C)c1OC. The van der Waals surface area contributed by atoms with Crippen LogP contribution in [0.15, 0.2) is 24.3 Å². The Labute approximate surface area is 115 Å². The Bertz CT molecular complexity index is 616. The molecule has 0 fully saturated rings. The molecule has 0 atom stereocenters. The number of hydrogen-bond donors (Lipinski definition) is 1. The molecule has 0 aliphatic rings. The smallest absolute Gasteiger partial charge is 0.345 e. The fourth-order valence-electron chi connectivity index (χ4n) is 1.92. The second-order valence-corrected chi connectivity index (χ2v) is 5.02. The molecule has 2 aromatic rings. The molecular weight excluding hydrogens is 264 g/mol. The molecular formula is C14H14O4S. The maximum Gasteiger partial charge on any atom is 0.345 e. The zero-order chi connectivity index (χ0) is 14.0. The van der Waals surface area contributed by atoms with Gasteiger partial charge in [0.1, 0.15) is 4.88 Å². The molecule has 0 unspecified atom stereocenters. The first-order chi connectivity index (χ1) is 9.08. The van der Waals surface area contributed by atoms with E-state index < -0.39 is 5.97 Å². The van der Waals surface area contributed by atoms with Gasteiger partial charge >= 0.3 is 5.97 Å². The number of rotatable bonds is 4. The van der Waals surface area contributed by atoms with Gasteiger partial charge in [-0.05, 0) is 30.7 Å². The maximum absolute atomic E-state index is 11.0. The third-order valence-electron chi connectivity index (χ3n) is 2.78. The minimum atomic E-state index is -0.916. The van der Waals surface area contributed by atoms with Crippen LogP contribution in [0.25, 0.3) is 10.4 Å². The van der Waals surface area contributed by atoms with Crippen LogP contribution in [-0.2, 0) is 0 Å². The van der Waals surface area contributed by atoms with Gasteiger partial charge in [0.25, 0.3) is 0 Å². The molecule has 0 saturated carbocycles. The summed E-state index contributed by atoms with van der Waals surface area (Å²) in [6.45, 7) is 1.89. The number of carboxylic acid groups (broad SMARTS) is 1. The van der Waals surface area contributed by atoms with E-state index in [1.807, 2.05) is 25.1 Å². The zero-order valence-electron chi connectivity index (χ0n) is 10.9. The lowest BCUT2D eigenvalue weighted by Gasteiger charge is -2.11. The molecule has 0 radical (unpaired) electrons. The minimum absolute atomic E-state index is 0.317. The lowest BCUT2D eigenvalue weighted by Crippen LogP contribution is -1.92. The molecule has 1 N–H and O–H groups in total. The highest BCUT2D eigenvalue weighted by atomic mass is 32.1. The van der Waals surface area contributed by atoms with Gasteiger partial charge < -0.3 is 14.6 Å². The van der Waals surface area contributed by atoms with E-state index in [1.165, 1.54) is 11.3 Å². The first-order valence-electron chi connectivity index (χ1n) is 5.63. The molecule has 19 heavy (non-hydrogen) atoms. The van der Waals surface area contributed by atoms with E-state index in [0.717, 1.165) is 16.0 Å². The number of ether oxygens (including phenoxy) is 2. The Morgan fingerprint density at radius 3 is 2.53 bits per heavy atom. The summed E-state index contributed by atoms with van der Waals surface area (Å²) in [6, 6.07) is 7.23. The number of carbonyl (C=O) groups is 1. The fraction of sp³-hybridized carbons (Fsp3) is 0.214. The first kappa shape index (κ1) is 13.4. The van der Waals surface area contributed by atoms with E-state index in [4.69, 9.17) is 14.6 Å². The fourth-order valence-corrected chi connectivity index (χ4v) is 2.95. The third-order valence-corrected chi connectivity index (χ3v) is 4.03. The topological polar surface area (TPSA) is 55.8 Å². The Hall–Kier alpha value is -2.01. The number of aryl methyl sites for hydroxylation is 1. The summed E-state index contributed by atoms with van der Waals surface area (Å²) in [5.74, 6) is 0.331. The summed E-state index contributed by atoms with van der Waals surface area (Å²) >= 11 is 1.23. The Morgan fingerprint density at radius 2 is 2.00 bits per heavy atom. The first-order valence-corrected chi connectivity index (χ1v) is 6.45. The van der Waals surface area contributed by atoms with Crippen molar-refractivity contribution in [3.63, 3.8) is 0 Å². The molecule has 0 bridgehead atoms. The van der Waals surface area contributed by atoms with Crippen molar-refractivity contribution < 1.29 is 19.4 Å². The van der Waals surface area contributed by atoms with E-state index in [-0.39, 0.29) is 0 Å². The molecule has 1 aromatic heterocycles. The van der Waals surface area contributed by atoms with Crippen molar-refractivity contribution in [1.82, 2.24) is 0 Å². The molecule has 1 heterocycles. The summed E-state index contributed by atoms with van der Waals surface area (Å²) < 4.78 is 10.6. The highest BCUT2D eigenvalue weighted by molar-refractivity contribution is 7.17. The molecule has 0 amide bonds. The lowest BCUT2D eigenvalue weighted by molar-refractivity contribution is 0.0702. The van der Waals surface area contributed by atoms with Crippen molar-refractivity contribution in [1.29, 1.82) is 0 Å². The summed E-state index contributed by atoms with van der Waals surface area (Å²) in [5, 5.41) is 9.05. The van der Waals surface area contributed by atoms with E-state index in [0.29, 0.717) is 16.4 Å². The summed E-state index contributed by atoms with van der Waals surface area (Å²) in [6.07, 6.45) is 0. The van der Waals surface area contributed by atoms with Crippen LogP contribution in [0.4, 0.5) is 0 Å². The maximum atomic E-state index is 11.0. The van der Waals surface area contributed by atoms with Crippen molar-refractivity contribution in [2.24, 2.45) is 0 Å². The number of hydrogen-bond acceptors (Lipinski definition) is 4. The molecule has 4 nitrogen and oxygen atoms in total. The van der Waals surface area contributed by atoms with Crippen LogP contribution in [0.1, 0.15) is 15.2 Å². The molecule has 0 aliphatic heterocycles. The van der Waals surface area contributed by atoms with Crippen LogP contribution >= 0.6 is 11.3 Å². The number of methoxy groups -OCH3 is 2. The lowest BCUT2D eigenvalue weighted by atomic mass is 10.1. The second-order valence-electron chi connectivity index (χ2n) is 3.97. The predicted octanol–water partition coefficient (Wildman–Crippen LogP) is 3.44. The van der Waals surface area contributed by atoms with E-state index >= 15 is 0 Å². The van der Waals surface area contributed by atoms with Crippen molar-refractivity contribution >= 4 is 17.3 Å². The average Bonchev–Trinajstić information content (AvgIpc) is 2.79. The summed E-state index contributed by atoms with van der Waals surface area (Å²) in [5.41, 5.74) is 1.76. The van der Waals surface area contributed by atoms with Crippen LogP contribution in [-0.4, -0.2) is 25.3 Å². The highest BCUT2D eigenvalue weighted by Crippen LogP contribution is 2.42. The van der Waals surface area contributed by atoms with E-state index in [2.05, 4.69) is 0 Å².